The Morgan fingerprint density at radius 3 is 2.74 bits per heavy atom. The van der Waals surface area contributed by atoms with Gasteiger partial charge in [-0.25, -0.2) is 0 Å². The van der Waals surface area contributed by atoms with Crippen molar-refractivity contribution >= 4 is 27.3 Å². The summed E-state index contributed by atoms with van der Waals surface area (Å²) in [5.74, 6) is 0. The zero-order chi connectivity index (χ0) is 13.7. The highest BCUT2D eigenvalue weighted by Gasteiger charge is 2.34. The zero-order valence-corrected chi connectivity index (χ0v) is 14.4. The second kappa shape index (κ2) is 7.21. The van der Waals surface area contributed by atoms with Crippen LogP contribution in [0.3, 0.4) is 0 Å². The number of nitrogens with one attached hydrogen (secondary N) is 1. The maximum Gasteiger partial charge on any atom is 0.0325 e. The number of hydrogen-bond acceptors (Lipinski definition) is 3. The number of rotatable bonds is 7. The van der Waals surface area contributed by atoms with Crippen molar-refractivity contribution in [3.63, 3.8) is 0 Å². The maximum atomic E-state index is 3.57. The second-order valence-electron chi connectivity index (χ2n) is 5.89. The lowest BCUT2D eigenvalue weighted by molar-refractivity contribution is 0.169. The third-order valence-electron chi connectivity index (χ3n) is 4.07. The fourth-order valence-electron chi connectivity index (χ4n) is 3.24. The van der Waals surface area contributed by atoms with Gasteiger partial charge in [-0.15, -0.1) is 11.3 Å². The van der Waals surface area contributed by atoms with Crippen LogP contribution in [-0.2, 0) is 6.54 Å². The Bertz CT molecular complexity index is 385. The molecule has 0 radical (unpaired) electrons. The fraction of sp³-hybridized carbons (Fsp3) is 0.733. The lowest BCUT2D eigenvalue weighted by Gasteiger charge is -2.33. The van der Waals surface area contributed by atoms with Gasteiger partial charge in [-0.2, -0.15) is 0 Å². The van der Waals surface area contributed by atoms with Crippen molar-refractivity contribution in [1.29, 1.82) is 0 Å². The molecule has 1 fully saturated rings. The number of hydrogen-bond donors (Lipinski definition) is 1. The van der Waals surface area contributed by atoms with Gasteiger partial charge in [-0.1, -0.05) is 19.8 Å². The van der Waals surface area contributed by atoms with E-state index in [0.717, 1.165) is 13.1 Å². The topological polar surface area (TPSA) is 15.3 Å². The van der Waals surface area contributed by atoms with E-state index in [9.17, 15) is 0 Å². The van der Waals surface area contributed by atoms with Crippen LogP contribution in [-0.4, -0.2) is 31.6 Å². The zero-order valence-electron chi connectivity index (χ0n) is 12.0. The van der Waals surface area contributed by atoms with Gasteiger partial charge in [0.2, 0.25) is 0 Å². The van der Waals surface area contributed by atoms with Crippen molar-refractivity contribution < 1.29 is 0 Å². The van der Waals surface area contributed by atoms with Gasteiger partial charge < -0.3 is 10.2 Å². The Morgan fingerprint density at radius 2 is 2.16 bits per heavy atom. The molecule has 1 aliphatic rings. The first-order valence-corrected chi connectivity index (χ1v) is 8.93. The highest BCUT2D eigenvalue weighted by molar-refractivity contribution is 9.10. The van der Waals surface area contributed by atoms with Crippen molar-refractivity contribution in [1.82, 2.24) is 10.2 Å². The highest BCUT2D eigenvalue weighted by Crippen LogP contribution is 2.38. The van der Waals surface area contributed by atoms with Gasteiger partial charge in [0.1, 0.15) is 0 Å². The summed E-state index contributed by atoms with van der Waals surface area (Å²) in [5.41, 5.74) is 0.513. The van der Waals surface area contributed by atoms with Crippen LogP contribution in [0.15, 0.2) is 15.9 Å². The predicted molar refractivity (Wildman–Crippen MR) is 87.8 cm³/mol. The quantitative estimate of drug-likeness (QED) is 0.800. The summed E-state index contributed by atoms with van der Waals surface area (Å²) in [6, 6.07) is 2.24. The molecular weight excluding hydrogens is 320 g/mol. The van der Waals surface area contributed by atoms with Crippen molar-refractivity contribution in [2.45, 2.75) is 39.2 Å². The van der Waals surface area contributed by atoms with Gasteiger partial charge in [0, 0.05) is 34.4 Å². The van der Waals surface area contributed by atoms with Gasteiger partial charge in [0.15, 0.2) is 0 Å². The monoisotopic (exact) mass is 344 g/mol. The molecule has 1 N–H and O–H groups in total. The maximum absolute atomic E-state index is 3.57. The molecule has 0 aliphatic heterocycles. The predicted octanol–water partition coefficient (Wildman–Crippen LogP) is 4.11. The first-order chi connectivity index (χ1) is 9.13. The summed E-state index contributed by atoms with van der Waals surface area (Å²) in [5, 5.41) is 5.75. The van der Waals surface area contributed by atoms with Crippen LogP contribution in [0.2, 0.25) is 0 Å². The van der Waals surface area contributed by atoms with Crippen molar-refractivity contribution in [2.24, 2.45) is 5.41 Å². The molecule has 1 aromatic heterocycles. The average molecular weight is 345 g/mol. The number of nitrogens with zero attached hydrogens (tertiary/aromatic N) is 1. The first-order valence-electron chi connectivity index (χ1n) is 7.26. The van der Waals surface area contributed by atoms with Crippen molar-refractivity contribution in [2.75, 3.05) is 26.7 Å². The van der Waals surface area contributed by atoms with Gasteiger partial charge in [-0.05, 0) is 53.8 Å². The lowest BCUT2D eigenvalue weighted by atomic mass is 9.85. The van der Waals surface area contributed by atoms with E-state index in [2.05, 4.69) is 51.6 Å². The molecule has 0 atom stereocenters. The molecule has 0 bridgehead atoms. The van der Waals surface area contributed by atoms with Gasteiger partial charge >= 0.3 is 0 Å². The molecule has 4 heteroatoms. The van der Waals surface area contributed by atoms with E-state index < -0.39 is 0 Å². The van der Waals surface area contributed by atoms with E-state index in [-0.39, 0.29) is 0 Å². The molecule has 1 aliphatic carbocycles. The van der Waals surface area contributed by atoms with Crippen molar-refractivity contribution in [3.8, 4) is 0 Å². The molecule has 0 amide bonds. The first kappa shape index (κ1) is 15.5. The summed E-state index contributed by atoms with van der Waals surface area (Å²) >= 11 is 5.39. The second-order valence-corrected chi connectivity index (χ2v) is 7.80. The number of thiophene rings is 1. The third kappa shape index (κ3) is 4.55. The summed E-state index contributed by atoms with van der Waals surface area (Å²) in [7, 11) is 2.26. The molecule has 19 heavy (non-hydrogen) atoms. The molecule has 0 aromatic carbocycles. The molecule has 1 heterocycles. The molecule has 2 rings (SSSR count). The molecular formula is C15H25BrN2S. The smallest absolute Gasteiger partial charge is 0.0325 e. The van der Waals surface area contributed by atoms with E-state index in [4.69, 9.17) is 0 Å². The summed E-state index contributed by atoms with van der Waals surface area (Å²) in [6.45, 7) is 6.76. The molecule has 0 spiro atoms. The molecule has 1 aromatic rings. The van der Waals surface area contributed by atoms with Crippen LogP contribution in [0.25, 0.3) is 0 Å². The Kier molecular flexibility index (Phi) is 5.87. The Hall–Kier alpha value is 0.1000. The van der Waals surface area contributed by atoms with E-state index in [1.807, 2.05) is 11.3 Å². The van der Waals surface area contributed by atoms with Gasteiger partial charge in [0.25, 0.3) is 0 Å². The van der Waals surface area contributed by atoms with Crippen molar-refractivity contribution in [3.05, 3.63) is 20.8 Å². The van der Waals surface area contributed by atoms with E-state index in [1.165, 1.54) is 48.1 Å². The van der Waals surface area contributed by atoms with Crippen LogP contribution in [0.1, 0.15) is 37.5 Å². The van der Waals surface area contributed by atoms with Gasteiger partial charge in [0.05, 0.1) is 0 Å². The molecule has 0 saturated heterocycles. The fourth-order valence-corrected chi connectivity index (χ4v) is 4.77. The van der Waals surface area contributed by atoms with Crippen LogP contribution < -0.4 is 5.32 Å². The summed E-state index contributed by atoms with van der Waals surface area (Å²) < 4.78 is 1.21. The number of halogens is 1. The minimum Gasteiger partial charge on any atom is -0.316 e. The Morgan fingerprint density at radius 1 is 1.42 bits per heavy atom. The standard InChI is InChI=1S/C15H25BrN2S/c1-3-17-11-15(6-4-5-7-15)12-18(2)9-14-8-13(16)10-19-14/h8,10,17H,3-7,9,11-12H2,1-2H3. The summed E-state index contributed by atoms with van der Waals surface area (Å²) in [6.07, 6.45) is 5.59. The van der Waals surface area contributed by atoms with Crippen LogP contribution >= 0.6 is 27.3 Å². The normalized spacial score (nSPS) is 18.3. The summed E-state index contributed by atoms with van der Waals surface area (Å²) in [4.78, 5) is 3.95. The van der Waals surface area contributed by atoms with Crippen LogP contribution in [0, 0.1) is 5.41 Å². The SMILES string of the molecule is CCNCC1(CN(C)Cc2cc(Br)cs2)CCCC1. The minimum absolute atomic E-state index is 0.513. The third-order valence-corrected chi connectivity index (χ3v) is 5.75. The lowest BCUT2D eigenvalue weighted by Crippen LogP contribution is -2.41. The van der Waals surface area contributed by atoms with Crippen LogP contribution in [0.5, 0.6) is 0 Å². The largest absolute Gasteiger partial charge is 0.316 e. The molecule has 2 nitrogen and oxygen atoms in total. The molecule has 1 saturated carbocycles. The minimum atomic E-state index is 0.513. The molecule has 108 valence electrons. The highest BCUT2D eigenvalue weighted by atomic mass is 79.9. The average Bonchev–Trinajstić information content (AvgIpc) is 2.97. The van der Waals surface area contributed by atoms with Crippen LogP contribution in [0.4, 0.5) is 0 Å². The Balaban J connectivity index is 1.89. The van der Waals surface area contributed by atoms with E-state index >= 15 is 0 Å². The van der Waals surface area contributed by atoms with Gasteiger partial charge in [-0.3, -0.25) is 0 Å². The van der Waals surface area contributed by atoms with E-state index in [1.54, 1.807) is 0 Å². The Labute approximate surface area is 129 Å². The van der Waals surface area contributed by atoms with E-state index in [0.29, 0.717) is 5.41 Å². The molecule has 0 unspecified atom stereocenters.